The fourth-order valence-electron chi connectivity index (χ4n) is 7.58. The first kappa shape index (κ1) is 22.5. The highest BCUT2D eigenvalue weighted by Gasteiger charge is 2.60. The molecule has 2 unspecified atom stereocenters. The average molecular weight is 444 g/mol. The zero-order valence-corrected chi connectivity index (χ0v) is 20.6. The lowest BCUT2D eigenvalue weighted by Gasteiger charge is -2.54. The number of nitrogens with zero attached hydrogens (tertiary/aromatic N) is 1. The summed E-state index contributed by atoms with van der Waals surface area (Å²) in [6, 6.07) is 9.14. The summed E-state index contributed by atoms with van der Waals surface area (Å²) in [7, 11) is 4.17. The topological polar surface area (TPSA) is 40.5 Å². The number of ketones is 1. The average Bonchev–Trinajstić information content (AvgIpc) is 3.07. The molecule has 1 aromatic carbocycles. The third-order valence-corrected chi connectivity index (χ3v) is 9.57. The maximum atomic E-state index is 12.2. The van der Waals surface area contributed by atoms with Crippen LogP contribution < -0.4 is 4.90 Å². The summed E-state index contributed by atoms with van der Waals surface area (Å²) >= 11 is 0. The van der Waals surface area contributed by atoms with Crippen molar-refractivity contribution in [1.82, 2.24) is 0 Å². The third-order valence-electron chi connectivity index (χ3n) is 9.57. The van der Waals surface area contributed by atoms with Gasteiger partial charge in [0.2, 0.25) is 0 Å². The van der Waals surface area contributed by atoms with E-state index in [-0.39, 0.29) is 17.4 Å². The Kier molecular flexibility index (Phi) is 5.57. The van der Waals surface area contributed by atoms with Gasteiger partial charge in [-0.1, -0.05) is 42.5 Å². The van der Waals surface area contributed by atoms with E-state index < -0.39 is 0 Å². The number of aliphatic hydroxyl groups is 1. The zero-order chi connectivity index (χ0) is 23.4. The van der Waals surface area contributed by atoms with E-state index in [0.29, 0.717) is 36.4 Å². The van der Waals surface area contributed by atoms with Gasteiger partial charge in [0.15, 0.2) is 0 Å². The summed E-state index contributed by atoms with van der Waals surface area (Å²) in [5.74, 6) is 8.44. The second-order valence-electron chi connectivity index (χ2n) is 11.3. The summed E-state index contributed by atoms with van der Waals surface area (Å²) in [6.07, 6.45) is 9.06. The summed E-state index contributed by atoms with van der Waals surface area (Å²) in [5.41, 5.74) is 7.10. The first-order valence-electron chi connectivity index (χ1n) is 12.6. The number of Topliss-reactive ketones (excluding diaryl/α,β-unsaturated/α-hetero) is 1. The summed E-state index contributed by atoms with van der Waals surface area (Å²) in [4.78, 5) is 14.4. The van der Waals surface area contributed by atoms with Gasteiger partial charge in [-0.05, 0) is 85.1 Å². The van der Waals surface area contributed by atoms with Gasteiger partial charge in [-0.15, -0.1) is 0 Å². The fraction of sp³-hybridized carbons (Fsp3) is 0.567. The molecule has 0 amide bonds. The van der Waals surface area contributed by atoms with Crippen LogP contribution in [0.3, 0.4) is 0 Å². The lowest BCUT2D eigenvalue weighted by Crippen LogP contribution is -2.46. The molecule has 33 heavy (non-hydrogen) atoms. The highest BCUT2D eigenvalue weighted by molar-refractivity contribution is 5.84. The number of benzene rings is 1. The van der Waals surface area contributed by atoms with Gasteiger partial charge >= 0.3 is 0 Å². The van der Waals surface area contributed by atoms with Crippen molar-refractivity contribution in [1.29, 1.82) is 0 Å². The van der Waals surface area contributed by atoms with Gasteiger partial charge in [0.25, 0.3) is 0 Å². The molecule has 0 aromatic heterocycles. The molecule has 4 aliphatic carbocycles. The largest absolute Gasteiger partial charge is 0.384 e. The molecule has 3 fully saturated rings. The van der Waals surface area contributed by atoms with Crippen LogP contribution in [0.25, 0.3) is 0 Å². The van der Waals surface area contributed by atoms with E-state index in [9.17, 15) is 9.90 Å². The van der Waals surface area contributed by atoms with Gasteiger partial charge in [-0.2, -0.15) is 0 Å². The highest BCUT2D eigenvalue weighted by atomic mass is 16.2. The molecule has 0 spiro atoms. The second kappa shape index (κ2) is 8.17. The van der Waals surface area contributed by atoms with Gasteiger partial charge in [-0.3, -0.25) is 4.79 Å². The maximum absolute atomic E-state index is 12.2. The first-order chi connectivity index (χ1) is 15.8. The van der Waals surface area contributed by atoms with E-state index in [1.807, 2.05) is 0 Å². The van der Waals surface area contributed by atoms with Crippen molar-refractivity contribution in [3.8, 4) is 11.8 Å². The molecule has 0 heterocycles. The molecule has 3 heteroatoms. The number of hydrogen-bond acceptors (Lipinski definition) is 3. The van der Waals surface area contributed by atoms with Crippen molar-refractivity contribution in [2.75, 3.05) is 25.6 Å². The number of carbonyl (C=O) groups excluding carboxylic acids is 1. The van der Waals surface area contributed by atoms with Crippen molar-refractivity contribution in [2.45, 2.75) is 64.7 Å². The Hall–Kier alpha value is -2.31. The molecule has 174 valence electrons. The Balaban J connectivity index is 1.64. The van der Waals surface area contributed by atoms with Crippen LogP contribution in [-0.2, 0) is 4.79 Å². The van der Waals surface area contributed by atoms with E-state index in [0.717, 1.165) is 25.7 Å². The Morgan fingerprint density at radius 1 is 1.15 bits per heavy atom. The lowest BCUT2D eigenvalue weighted by atomic mass is 9.49. The molecule has 3 nitrogen and oxygen atoms in total. The Morgan fingerprint density at radius 3 is 2.61 bits per heavy atom. The molecule has 0 saturated heterocycles. The molecule has 4 aliphatic rings. The number of carbonyl (C=O) groups is 1. The minimum atomic E-state index is -0.0784. The maximum Gasteiger partial charge on any atom is 0.137 e. The van der Waals surface area contributed by atoms with E-state index in [4.69, 9.17) is 0 Å². The number of rotatable bonds is 2. The van der Waals surface area contributed by atoms with Crippen LogP contribution in [0.5, 0.6) is 0 Å². The summed E-state index contributed by atoms with van der Waals surface area (Å²) < 4.78 is 0. The molecular weight excluding hydrogens is 406 g/mol. The van der Waals surface area contributed by atoms with E-state index in [2.05, 4.69) is 75.0 Å². The fourth-order valence-corrected chi connectivity index (χ4v) is 7.58. The smallest absolute Gasteiger partial charge is 0.137 e. The van der Waals surface area contributed by atoms with Crippen molar-refractivity contribution in [2.24, 2.45) is 22.7 Å². The Morgan fingerprint density at radius 2 is 1.91 bits per heavy atom. The molecule has 3 saturated carbocycles. The summed E-state index contributed by atoms with van der Waals surface area (Å²) in [5, 5.41) is 9.44. The Labute approximate surface area is 199 Å². The van der Waals surface area contributed by atoms with Gasteiger partial charge in [-0.25, -0.2) is 0 Å². The molecule has 1 N–H and O–H groups in total. The number of anilines is 1. The van der Waals surface area contributed by atoms with Gasteiger partial charge in [0.05, 0.1) is 0 Å². The van der Waals surface area contributed by atoms with E-state index in [1.165, 1.54) is 28.8 Å². The van der Waals surface area contributed by atoms with E-state index >= 15 is 0 Å². The minimum absolute atomic E-state index is 0.0649. The second-order valence-corrected chi connectivity index (χ2v) is 11.3. The zero-order valence-electron chi connectivity index (χ0n) is 20.6. The standard InChI is InChI=1S/C30H37NO2/c1-29(15-5-17-32)16-14-27-25-12-8-21-18-23(33)11-13-24(21)28(25)26(19-30(27,29)2)20-6-9-22(10-7-20)31(3)4/h6-10,25-27,32H,11-14,16-19H2,1-4H3/t25?,26-,27?,29-,30+/m1/s1. The lowest BCUT2D eigenvalue weighted by molar-refractivity contribution is -0.118. The Bertz CT molecular complexity index is 1080. The SMILES string of the molecule is CN(C)c1ccc([C@H]2C[C@@]3(C)C(CC[C@@]3(C)C#CCO)C3CC=C4CC(=O)CCC4=C32)cc1. The molecule has 5 atom stereocenters. The molecule has 5 rings (SSSR count). The van der Waals surface area contributed by atoms with E-state index in [1.54, 1.807) is 5.57 Å². The predicted octanol–water partition coefficient (Wildman–Crippen LogP) is 5.65. The highest BCUT2D eigenvalue weighted by Crippen LogP contribution is 2.69. The molecule has 0 aliphatic heterocycles. The van der Waals surface area contributed by atoms with Crippen LogP contribution >= 0.6 is 0 Å². The van der Waals surface area contributed by atoms with Crippen LogP contribution in [0.4, 0.5) is 5.69 Å². The normalized spacial score (nSPS) is 35.1. The minimum Gasteiger partial charge on any atom is -0.384 e. The first-order valence-corrected chi connectivity index (χ1v) is 12.6. The number of hydrogen-bond donors (Lipinski definition) is 1. The van der Waals surface area contributed by atoms with Crippen molar-refractivity contribution >= 4 is 11.5 Å². The number of fused-ring (bicyclic) bond motifs is 4. The summed E-state index contributed by atoms with van der Waals surface area (Å²) in [6.45, 7) is 4.75. The van der Waals surface area contributed by atoms with Crippen molar-refractivity contribution < 1.29 is 9.90 Å². The molecule has 0 bridgehead atoms. The molecule has 0 radical (unpaired) electrons. The number of aliphatic hydroxyl groups excluding tert-OH is 1. The third kappa shape index (κ3) is 3.50. The quantitative estimate of drug-likeness (QED) is 0.600. The van der Waals surface area contributed by atoms with Gasteiger partial charge < -0.3 is 10.0 Å². The van der Waals surface area contributed by atoms with Crippen LogP contribution in [0.2, 0.25) is 0 Å². The monoisotopic (exact) mass is 443 g/mol. The van der Waals surface area contributed by atoms with Crippen molar-refractivity contribution in [3.05, 3.63) is 52.6 Å². The molecular formula is C30H37NO2. The van der Waals surface area contributed by atoms with Gasteiger partial charge in [0, 0.05) is 44.0 Å². The van der Waals surface area contributed by atoms with Crippen molar-refractivity contribution in [3.63, 3.8) is 0 Å². The van der Waals surface area contributed by atoms with Crippen LogP contribution in [0.1, 0.15) is 70.3 Å². The van der Waals surface area contributed by atoms with Crippen LogP contribution in [-0.4, -0.2) is 31.6 Å². The molecule has 1 aromatic rings. The predicted molar refractivity (Wildman–Crippen MR) is 134 cm³/mol. The van der Waals surface area contributed by atoms with Crippen LogP contribution in [0, 0.1) is 34.5 Å². The van der Waals surface area contributed by atoms with Gasteiger partial charge in [0.1, 0.15) is 12.4 Å². The number of allylic oxidation sites excluding steroid dienone is 4. The van der Waals surface area contributed by atoms with Crippen LogP contribution in [0.15, 0.2) is 47.1 Å².